The van der Waals surface area contributed by atoms with Crippen LogP contribution in [0.4, 0.5) is 0 Å². The molecular formula is C18H22N4O3. The van der Waals surface area contributed by atoms with Crippen LogP contribution in [0.3, 0.4) is 0 Å². The van der Waals surface area contributed by atoms with E-state index in [1.54, 1.807) is 11.1 Å². The highest BCUT2D eigenvalue weighted by Gasteiger charge is 2.37. The third kappa shape index (κ3) is 2.59. The number of rotatable bonds is 2. The molecule has 2 bridgehead atoms. The number of amides is 1. The van der Waals surface area contributed by atoms with Crippen LogP contribution < -0.4 is 5.56 Å². The molecule has 7 heteroatoms. The SMILES string of the molecule is C[C@@H](O)C(=O)N1C[C@@H]2C[C@H](C1)c1ccc(-c3nccn3C)c(=O)n1C2. The zero-order valence-corrected chi connectivity index (χ0v) is 14.4. The summed E-state index contributed by atoms with van der Waals surface area (Å²) in [6, 6.07) is 3.83. The van der Waals surface area contributed by atoms with Gasteiger partial charge in [-0.1, -0.05) is 0 Å². The van der Waals surface area contributed by atoms with E-state index in [9.17, 15) is 14.7 Å². The molecule has 132 valence electrons. The summed E-state index contributed by atoms with van der Waals surface area (Å²) >= 11 is 0. The number of aryl methyl sites for hydroxylation is 1. The molecule has 7 nitrogen and oxygen atoms in total. The Morgan fingerprint density at radius 2 is 2.12 bits per heavy atom. The molecule has 4 heterocycles. The van der Waals surface area contributed by atoms with Crippen molar-refractivity contribution in [2.75, 3.05) is 13.1 Å². The minimum absolute atomic E-state index is 0.0168. The first-order chi connectivity index (χ1) is 12.0. The molecule has 0 saturated carbocycles. The molecule has 3 atom stereocenters. The minimum atomic E-state index is -0.980. The molecule has 2 aliphatic rings. The molecule has 0 aliphatic carbocycles. The molecule has 2 aliphatic heterocycles. The van der Waals surface area contributed by atoms with Gasteiger partial charge in [0.2, 0.25) is 0 Å². The summed E-state index contributed by atoms with van der Waals surface area (Å²) in [4.78, 5) is 31.2. The Hall–Kier alpha value is -2.41. The molecule has 2 aromatic rings. The van der Waals surface area contributed by atoms with Crippen molar-refractivity contribution in [2.24, 2.45) is 13.0 Å². The number of imidazole rings is 1. The second-order valence-corrected chi connectivity index (χ2v) is 7.17. The van der Waals surface area contributed by atoms with E-state index in [-0.39, 0.29) is 23.3 Å². The molecule has 0 unspecified atom stereocenters. The number of nitrogens with zero attached hydrogens (tertiary/aromatic N) is 4. The number of likely N-dealkylation sites (tertiary alicyclic amines) is 1. The van der Waals surface area contributed by atoms with Crippen LogP contribution in [0.15, 0.2) is 29.3 Å². The van der Waals surface area contributed by atoms with Gasteiger partial charge in [0.15, 0.2) is 0 Å². The fourth-order valence-corrected chi connectivity index (χ4v) is 4.19. The van der Waals surface area contributed by atoms with Gasteiger partial charge in [0.1, 0.15) is 11.9 Å². The average Bonchev–Trinajstić information content (AvgIpc) is 3.00. The van der Waals surface area contributed by atoms with Crippen LogP contribution in [0.1, 0.15) is 25.0 Å². The Balaban J connectivity index is 1.72. The molecule has 1 fully saturated rings. The Labute approximate surface area is 145 Å². The lowest BCUT2D eigenvalue weighted by Gasteiger charge is -2.43. The molecule has 1 saturated heterocycles. The van der Waals surface area contributed by atoms with Gasteiger partial charge in [0, 0.05) is 50.7 Å². The Morgan fingerprint density at radius 3 is 2.80 bits per heavy atom. The maximum atomic E-state index is 13.0. The summed E-state index contributed by atoms with van der Waals surface area (Å²) < 4.78 is 3.70. The van der Waals surface area contributed by atoms with Crippen molar-refractivity contribution in [3.05, 3.63) is 40.6 Å². The number of aliphatic hydroxyl groups excluding tert-OH is 1. The summed E-state index contributed by atoms with van der Waals surface area (Å²) in [5.41, 5.74) is 1.56. The first kappa shape index (κ1) is 16.1. The Morgan fingerprint density at radius 1 is 1.32 bits per heavy atom. The quantitative estimate of drug-likeness (QED) is 0.865. The van der Waals surface area contributed by atoms with Crippen LogP contribution in [-0.2, 0) is 18.4 Å². The molecule has 0 spiro atoms. The van der Waals surface area contributed by atoms with Crippen molar-refractivity contribution < 1.29 is 9.90 Å². The van der Waals surface area contributed by atoms with Gasteiger partial charge in [-0.3, -0.25) is 9.59 Å². The fraction of sp³-hybridized carbons (Fsp3) is 0.500. The van der Waals surface area contributed by atoms with Gasteiger partial charge in [0.05, 0.1) is 5.56 Å². The van der Waals surface area contributed by atoms with Crippen LogP contribution in [-0.4, -0.2) is 49.2 Å². The van der Waals surface area contributed by atoms with Gasteiger partial charge in [-0.05, 0) is 31.4 Å². The van der Waals surface area contributed by atoms with E-state index >= 15 is 0 Å². The summed E-state index contributed by atoms with van der Waals surface area (Å²) in [5.74, 6) is 0.818. The van der Waals surface area contributed by atoms with E-state index < -0.39 is 6.10 Å². The number of fused-ring (bicyclic) bond motifs is 4. The number of pyridine rings is 1. The number of hydrogen-bond donors (Lipinski definition) is 1. The van der Waals surface area contributed by atoms with Gasteiger partial charge in [0.25, 0.3) is 11.5 Å². The topological polar surface area (TPSA) is 80.4 Å². The van der Waals surface area contributed by atoms with E-state index in [1.165, 1.54) is 6.92 Å². The zero-order chi connectivity index (χ0) is 17.7. The molecule has 0 radical (unpaired) electrons. The standard InChI is InChI=1S/C18H22N4O3/c1-11(23)17(24)21-8-12-7-13(10-21)15-4-3-14(18(25)22(15)9-12)16-19-5-6-20(16)2/h3-6,11-13,23H,7-10H2,1-2H3/t11-,12+,13-/m1/s1. The molecule has 2 aromatic heterocycles. The molecule has 4 rings (SSSR count). The summed E-state index contributed by atoms with van der Waals surface area (Å²) in [6.45, 7) is 3.26. The van der Waals surface area contributed by atoms with E-state index in [0.717, 1.165) is 12.1 Å². The number of aliphatic hydroxyl groups is 1. The van der Waals surface area contributed by atoms with Gasteiger partial charge < -0.3 is 19.1 Å². The molecule has 1 N–H and O–H groups in total. The Bertz CT molecular complexity index is 883. The van der Waals surface area contributed by atoms with Crippen molar-refractivity contribution in [3.8, 4) is 11.4 Å². The second-order valence-electron chi connectivity index (χ2n) is 7.17. The molecule has 0 aromatic carbocycles. The average molecular weight is 342 g/mol. The van der Waals surface area contributed by atoms with Crippen molar-refractivity contribution in [3.63, 3.8) is 0 Å². The second kappa shape index (κ2) is 5.84. The van der Waals surface area contributed by atoms with E-state index in [2.05, 4.69) is 4.98 Å². The lowest BCUT2D eigenvalue weighted by atomic mass is 9.82. The molecular weight excluding hydrogens is 320 g/mol. The van der Waals surface area contributed by atoms with Gasteiger partial charge in [-0.25, -0.2) is 4.98 Å². The monoisotopic (exact) mass is 342 g/mol. The largest absolute Gasteiger partial charge is 0.384 e. The van der Waals surface area contributed by atoms with Crippen molar-refractivity contribution in [2.45, 2.75) is 31.9 Å². The third-order valence-corrected chi connectivity index (χ3v) is 5.34. The maximum absolute atomic E-state index is 13.0. The number of piperidine rings is 1. The number of carbonyl (C=O) groups is 1. The lowest BCUT2D eigenvalue weighted by Crippen LogP contribution is -2.51. The van der Waals surface area contributed by atoms with Crippen LogP contribution >= 0.6 is 0 Å². The molecule has 1 amide bonds. The first-order valence-electron chi connectivity index (χ1n) is 8.64. The van der Waals surface area contributed by atoms with Crippen LogP contribution in [0.2, 0.25) is 0 Å². The van der Waals surface area contributed by atoms with Crippen molar-refractivity contribution >= 4 is 5.91 Å². The predicted molar refractivity (Wildman–Crippen MR) is 92.0 cm³/mol. The zero-order valence-electron chi connectivity index (χ0n) is 14.4. The first-order valence-corrected chi connectivity index (χ1v) is 8.64. The van der Waals surface area contributed by atoms with Crippen molar-refractivity contribution in [1.82, 2.24) is 19.0 Å². The highest BCUT2D eigenvalue weighted by Crippen LogP contribution is 2.35. The number of carbonyl (C=O) groups excluding carboxylic acids is 1. The molecule has 25 heavy (non-hydrogen) atoms. The van der Waals surface area contributed by atoms with Crippen LogP contribution in [0.25, 0.3) is 11.4 Å². The minimum Gasteiger partial charge on any atom is -0.384 e. The van der Waals surface area contributed by atoms with Crippen molar-refractivity contribution in [1.29, 1.82) is 0 Å². The smallest absolute Gasteiger partial charge is 0.261 e. The fourth-order valence-electron chi connectivity index (χ4n) is 4.19. The Kier molecular flexibility index (Phi) is 3.76. The summed E-state index contributed by atoms with van der Waals surface area (Å²) in [7, 11) is 1.88. The summed E-state index contributed by atoms with van der Waals surface area (Å²) in [5, 5.41) is 9.59. The summed E-state index contributed by atoms with van der Waals surface area (Å²) in [6.07, 6.45) is 3.51. The highest BCUT2D eigenvalue weighted by atomic mass is 16.3. The van der Waals surface area contributed by atoms with Gasteiger partial charge in [-0.15, -0.1) is 0 Å². The number of hydrogen-bond acceptors (Lipinski definition) is 4. The predicted octanol–water partition coefficient (Wildman–Crippen LogP) is 0.575. The van der Waals surface area contributed by atoms with Crippen LogP contribution in [0.5, 0.6) is 0 Å². The van der Waals surface area contributed by atoms with Gasteiger partial charge >= 0.3 is 0 Å². The van der Waals surface area contributed by atoms with E-state index in [0.29, 0.717) is 31.0 Å². The van der Waals surface area contributed by atoms with Gasteiger partial charge in [-0.2, -0.15) is 0 Å². The maximum Gasteiger partial charge on any atom is 0.261 e. The van der Waals surface area contributed by atoms with E-state index in [4.69, 9.17) is 0 Å². The lowest BCUT2D eigenvalue weighted by molar-refractivity contribution is -0.142. The highest BCUT2D eigenvalue weighted by molar-refractivity contribution is 5.80. The third-order valence-electron chi connectivity index (χ3n) is 5.34. The van der Waals surface area contributed by atoms with Crippen LogP contribution in [0, 0.1) is 5.92 Å². The normalized spacial score (nSPS) is 23.2. The van der Waals surface area contributed by atoms with E-state index in [1.807, 2.05) is 34.5 Å². The number of aromatic nitrogens is 3.